The zero-order valence-corrected chi connectivity index (χ0v) is 11.1. The van der Waals surface area contributed by atoms with Gasteiger partial charge in [-0.05, 0) is 43.0 Å². The smallest absolute Gasteiger partial charge is 0.227 e. The molecule has 1 amide bonds. The van der Waals surface area contributed by atoms with Gasteiger partial charge < -0.3 is 4.90 Å². The Morgan fingerprint density at radius 2 is 2.06 bits per heavy atom. The SMILES string of the molecule is O=C1CCc2cc(Cl)ccc2N1CCCCCl. The summed E-state index contributed by atoms with van der Waals surface area (Å²) in [7, 11) is 0. The lowest BCUT2D eigenvalue weighted by Gasteiger charge is -2.29. The number of fused-ring (bicyclic) bond motifs is 1. The Labute approximate surface area is 112 Å². The van der Waals surface area contributed by atoms with Crippen LogP contribution >= 0.6 is 23.2 Å². The van der Waals surface area contributed by atoms with E-state index >= 15 is 0 Å². The average Bonchev–Trinajstić information content (AvgIpc) is 2.32. The Balaban J connectivity index is 2.18. The van der Waals surface area contributed by atoms with E-state index in [4.69, 9.17) is 23.2 Å². The Hall–Kier alpha value is -0.730. The van der Waals surface area contributed by atoms with Crippen molar-refractivity contribution in [2.45, 2.75) is 25.7 Å². The second-order valence-electron chi connectivity index (χ2n) is 4.21. The van der Waals surface area contributed by atoms with Crippen LogP contribution < -0.4 is 4.90 Å². The highest BCUT2D eigenvalue weighted by molar-refractivity contribution is 6.30. The first-order chi connectivity index (χ1) is 8.22. The predicted molar refractivity (Wildman–Crippen MR) is 72.1 cm³/mol. The number of hydrogen-bond acceptors (Lipinski definition) is 1. The lowest BCUT2D eigenvalue weighted by Crippen LogP contribution is -2.35. The molecule has 0 spiro atoms. The van der Waals surface area contributed by atoms with Gasteiger partial charge >= 0.3 is 0 Å². The summed E-state index contributed by atoms with van der Waals surface area (Å²) < 4.78 is 0. The summed E-state index contributed by atoms with van der Waals surface area (Å²) in [6.07, 6.45) is 3.25. The van der Waals surface area contributed by atoms with Gasteiger partial charge in [0.2, 0.25) is 5.91 Å². The van der Waals surface area contributed by atoms with Gasteiger partial charge in [0.15, 0.2) is 0 Å². The number of benzene rings is 1. The monoisotopic (exact) mass is 271 g/mol. The second-order valence-corrected chi connectivity index (χ2v) is 5.03. The number of hydrogen-bond donors (Lipinski definition) is 0. The topological polar surface area (TPSA) is 20.3 Å². The van der Waals surface area contributed by atoms with Crippen molar-refractivity contribution in [3.63, 3.8) is 0 Å². The zero-order valence-electron chi connectivity index (χ0n) is 9.59. The summed E-state index contributed by atoms with van der Waals surface area (Å²) in [6.45, 7) is 0.750. The van der Waals surface area contributed by atoms with Crippen LogP contribution in [0.1, 0.15) is 24.8 Å². The van der Waals surface area contributed by atoms with Crippen molar-refractivity contribution in [3.05, 3.63) is 28.8 Å². The Morgan fingerprint density at radius 1 is 1.24 bits per heavy atom. The van der Waals surface area contributed by atoms with Crippen LogP contribution in [0.25, 0.3) is 0 Å². The van der Waals surface area contributed by atoms with E-state index in [9.17, 15) is 4.79 Å². The molecule has 1 heterocycles. The maximum atomic E-state index is 11.9. The maximum Gasteiger partial charge on any atom is 0.227 e. The summed E-state index contributed by atoms with van der Waals surface area (Å²) in [5.41, 5.74) is 2.18. The number of amides is 1. The van der Waals surface area contributed by atoms with Crippen molar-refractivity contribution >= 4 is 34.8 Å². The fourth-order valence-electron chi connectivity index (χ4n) is 2.14. The van der Waals surface area contributed by atoms with Gasteiger partial charge in [0, 0.05) is 29.6 Å². The van der Waals surface area contributed by atoms with Gasteiger partial charge in [0.05, 0.1) is 0 Å². The lowest BCUT2D eigenvalue weighted by atomic mass is 10.0. The molecule has 0 bridgehead atoms. The summed E-state index contributed by atoms with van der Waals surface area (Å²) >= 11 is 11.6. The number of alkyl halides is 1. The number of halogens is 2. The molecule has 17 heavy (non-hydrogen) atoms. The van der Waals surface area contributed by atoms with E-state index in [1.165, 1.54) is 5.56 Å². The van der Waals surface area contributed by atoms with Crippen LogP contribution in [-0.4, -0.2) is 18.3 Å². The minimum atomic E-state index is 0.203. The van der Waals surface area contributed by atoms with Gasteiger partial charge in [0.25, 0.3) is 0 Å². The number of carbonyl (C=O) groups excluding carboxylic acids is 1. The number of carbonyl (C=O) groups is 1. The molecule has 0 unspecified atom stereocenters. The van der Waals surface area contributed by atoms with Gasteiger partial charge in [-0.3, -0.25) is 4.79 Å². The lowest BCUT2D eigenvalue weighted by molar-refractivity contribution is -0.118. The first-order valence-corrected chi connectivity index (χ1v) is 6.78. The molecule has 0 N–H and O–H groups in total. The number of rotatable bonds is 4. The molecule has 92 valence electrons. The van der Waals surface area contributed by atoms with Gasteiger partial charge in [0.1, 0.15) is 0 Å². The summed E-state index contributed by atoms with van der Waals surface area (Å²) in [6, 6.07) is 5.74. The van der Waals surface area contributed by atoms with Crippen molar-refractivity contribution in [3.8, 4) is 0 Å². The van der Waals surface area contributed by atoms with Gasteiger partial charge in [-0.25, -0.2) is 0 Å². The molecule has 0 saturated carbocycles. The molecule has 0 radical (unpaired) electrons. The molecule has 4 heteroatoms. The summed E-state index contributed by atoms with van der Waals surface area (Å²) in [5.74, 6) is 0.851. The Kier molecular flexibility index (Phi) is 4.30. The zero-order chi connectivity index (χ0) is 12.3. The maximum absolute atomic E-state index is 11.9. The third-order valence-electron chi connectivity index (χ3n) is 3.01. The second kappa shape index (κ2) is 5.74. The van der Waals surface area contributed by atoms with Crippen molar-refractivity contribution in [1.29, 1.82) is 0 Å². The Bertz CT molecular complexity index is 420. The largest absolute Gasteiger partial charge is 0.312 e. The molecule has 0 aromatic heterocycles. The molecule has 2 nitrogen and oxygen atoms in total. The predicted octanol–water partition coefficient (Wildman–Crippen LogP) is 3.64. The molecule has 1 aliphatic heterocycles. The summed E-state index contributed by atoms with van der Waals surface area (Å²) in [5, 5.41) is 0.735. The quantitative estimate of drug-likeness (QED) is 0.605. The first-order valence-electron chi connectivity index (χ1n) is 5.87. The van der Waals surface area contributed by atoms with Crippen molar-refractivity contribution < 1.29 is 4.79 Å². The molecule has 0 fully saturated rings. The van der Waals surface area contributed by atoms with E-state index in [2.05, 4.69) is 0 Å². The third-order valence-corrected chi connectivity index (χ3v) is 3.51. The van der Waals surface area contributed by atoms with Crippen LogP contribution in [0.4, 0.5) is 5.69 Å². The highest BCUT2D eigenvalue weighted by atomic mass is 35.5. The van der Waals surface area contributed by atoms with Crippen LogP contribution in [0, 0.1) is 0 Å². The molecular weight excluding hydrogens is 257 g/mol. The van der Waals surface area contributed by atoms with E-state index in [1.54, 1.807) is 0 Å². The van der Waals surface area contributed by atoms with Crippen LogP contribution in [0.5, 0.6) is 0 Å². The highest BCUT2D eigenvalue weighted by Gasteiger charge is 2.23. The van der Waals surface area contributed by atoms with E-state index in [1.807, 2.05) is 23.1 Å². The van der Waals surface area contributed by atoms with Gasteiger partial charge in [-0.15, -0.1) is 11.6 Å². The van der Waals surface area contributed by atoms with Crippen molar-refractivity contribution in [2.24, 2.45) is 0 Å². The standard InChI is InChI=1S/C13H15Cl2NO/c14-7-1-2-8-16-12-5-4-11(15)9-10(12)3-6-13(16)17/h4-5,9H,1-3,6-8H2. The molecule has 1 aromatic rings. The molecule has 0 saturated heterocycles. The molecule has 1 aliphatic rings. The average molecular weight is 272 g/mol. The third kappa shape index (κ3) is 2.93. The molecule has 0 aliphatic carbocycles. The Morgan fingerprint density at radius 3 is 2.82 bits per heavy atom. The molecular formula is C13H15Cl2NO. The van der Waals surface area contributed by atoms with Gasteiger partial charge in [-0.2, -0.15) is 0 Å². The van der Waals surface area contributed by atoms with E-state index in [0.717, 1.165) is 36.5 Å². The summed E-state index contributed by atoms with van der Waals surface area (Å²) in [4.78, 5) is 13.8. The normalized spacial score (nSPS) is 14.9. The minimum Gasteiger partial charge on any atom is -0.312 e. The number of nitrogens with zero attached hydrogens (tertiary/aromatic N) is 1. The fraction of sp³-hybridized carbons (Fsp3) is 0.462. The first kappa shape index (κ1) is 12.7. The van der Waals surface area contributed by atoms with E-state index < -0.39 is 0 Å². The van der Waals surface area contributed by atoms with Gasteiger partial charge in [-0.1, -0.05) is 11.6 Å². The van der Waals surface area contributed by atoms with Crippen molar-refractivity contribution in [2.75, 3.05) is 17.3 Å². The molecule has 0 atom stereocenters. The fourth-order valence-corrected chi connectivity index (χ4v) is 2.52. The minimum absolute atomic E-state index is 0.203. The van der Waals surface area contributed by atoms with Crippen LogP contribution in [0.3, 0.4) is 0 Å². The molecule has 1 aromatic carbocycles. The molecule has 2 rings (SSSR count). The van der Waals surface area contributed by atoms with Crippen LogP contribution in [0.15, 0.2) is 18.2 Å². The number of anilines is 1. The van der Waals surface area contributed by atoms with Crippen molar-refractivity contribution in [1.82, 2.24) is 0 Å². The van der Waals surface area contributed by atoms with Crippen LogP contribution in [0.2, 0.25) is 5.02 Å². The van der Waals surface area contributed by atoms with Crippen LogP contribution in [-0.2, 0) is 11.2 Å². The van der Waals surface area contributed by atoms with E-state index in [0.29, 0.717) is 12.3 Å². The number of aryl methyl sites for hydroxylation is 1. The van der Waals surface area contributed by atoms with E-state index in [-0.39, 0.29) is 5.91 Å². The highest BCUT2D eigenvalue weighted by Crippen LogP contribution is 2.30. The number of unbranched alkanes of at least 4 members (excludes halogenated alkanes) is 1.